The number of oxazole rings is 1. The molecule has 228 valence electrons. The first kappa shape index (κ1) is 29.3. The van der Waals surface area contributed by atoms with Gasteiger partial charge in [0.1, 0.15) is 28.5 Å². The number of carboxylic acid groups (broad SMARTS) is 1. The van der Waals surface area contributed by atoms with E-state index in [1.54, 1.807) is 14.0 Å². The maximum Gasteiger partial charge on any atom is 0.333 e. The number of aromatic nitrogens is 3. The second kappa shape index (κ2) is 11.4. The molecule has 0 amide bonds. The Morgan fingerprint density at radius 2 is 1.95 bits per heavy atom. The third kappa shape index (κ3) is 5.09. The maximum absolute atomic E-state index is 14.2. The van der Waals surface area contributed by atoms with E-state index < -0.39 is 28.9 Å². The Balaban J connectivity index is 1.49. The number of para-hydroxylation sites is 1. The summed E-state index contributed by atoms with van der Waals surface area (Å²) in [7, 11) is 1.56. The number of nitrogens with zero attached hydrogens (tertiary/aromatic N) is 3. The Morgan fingerprint density at radius 1 is 1.23 bits per heavy atom. The van der Waals surface area contributed by atoms with Crippen molar-refractivity contribution in [1.29, 1.82) is 0 Å². The fourth-order valence-electron chi connectivity index (χ4n) is 6.20. The zero-order chi connectivity index (χ0) is 30.5. The summed E-state index contributed by atoms with van der Waals surface area (Å²) < 4.78 is 19.0. The molecule has 4 aromatic rings. The van der Waals surface area contributed by atoms with Gasteiger partial charge in [0, 0.05) is 24.8 Å². The minimum absolute atomic E-state index is 0.0354. The van der Waals surface area contributed by atoms with Crippen LogP contribution in [0.4, 0.5) is 0 Å². The van der Waals surface area contributed by atoms with Gasteiger partial charge in [-0.15, -0.1) is 11.3 Å². The van der Waals surface area contributed by atoms with Gasteiger partial charge < -0.3 is 19.0 Å². The molecular weight excluding hydrogens is 576 g/mol. The molecule has 3 aromatic heterocycles. The number of hydroxylamine groups is 1. The normalized spacial score (nSPS) is 20.9. The highest BCUT2D eigenvalue weighted by atomic mass is 32.1. The van der Waals surface area contributed by atoms with E-state index >= 15 is 0 Å². The molecule has 4 heterocycles. The Labute approximate surface area is 250 Å². The molecule has 0 bridgehead atoms. The second-order valence-electron chi connectivity index (χ2n) is 11.7. The molecule has 2 fully saturated rings. The predicted molar refractivity (Wildman–Crippen MR) is 158 cm³/mol. The molecule has 1 saturated carbocycles. The van der Waals surface area contributed by atoms with Crippen molar-refractivity contribution in [1.82, 2.24) is 19.6 Å². The highest BCUT2D eigenvalue weighted by Crippen LogP contribution is 2.39. The number of hydrogen-bond donors (Lipinski definition) is 2. The smallest absolute Gasteiger partial charge is 0.333 e. The van der Waals surface area contributed by atoms with Crippen molar-refractivity contribution in [3.63, 3.8) is 0 Å². The number of nitrogens with one attached hydrogen (secondary N) is 1. The SMILES string of the molecule is COc1ccccc1[C@H](Cn1c(=O)n(C(C)(C)C(=O)O)c(=O)c2c(C)c(-c3ncco3)sc21)ONC1C[C@H]2COC[C@H]2C1. The van der Waals surface area contributed by atoms with Crippen molar-refractivity contribution in [2.24, 2.45) is 11.8 Å². The standard InChI is InChI=1S/C30H34N4O8S/c1-16-23-26(35)34(30(2,3)28(36)37)29(38)33(27(23)43-24(16)25-31-9-10-41-25)13-22(20-7-5-6-8-21(20)39-4)42-32-19-11-17-14-40-15-18(17)12-19/h5-10,17-19,22,32H,11-15H2,1-4H3,(H,36,37)/t17-,18+,19?,22-/m0/s1. The molecule has 1 saturated heterocycles. The molecule has 4 atom stereocenters. The lowest BCUT2D eigenvalue weighted by Crippen LogP contribution is -2.52. The van der Waals surface area contributed by atoms with Gasteiger partial charge in [0.2, 0.25) is 5.89 Å². The van der Waals surface area contributed by atoms with E-state index in [-0.39, 0.29) is 18.0 Å². The van der Waals surface area contributed by atoms with Gasteiger partial charge in [0.05, 0.1) is 30.1 Å². The van der Waals surface area contributed by atoms with Crippen LogP contribution in [0.2, 0.25) is 0 Å². The fraction of sp³-hybridized carbons (Fsp3) is 0.467. The van der Waals surface area contributed by atoms with E-state index in [0.717, 1.165) is 30.6 Å². The molecule has 0 spiro atoms. The molecule has 6 rings (SSSR count). The first-order valence-electron chi connectivity index (χ1n) is 14.2. The highest BCUT2D eigenvalue weighted by Gasteiger charge is 2.39. The summed E-state index contributed by atoms with van der Waals surface area (Å²) in [6.45, 7) is 5.87. The molecule has 43 heavy (non-hydrogen) atoms. The number of ether oxygens (including phenoxy) is 2. The van der Waals surface area contributed by atoms with Crippen molar-refractivity contribution in [2.75, 3.05) is 20.3 Å². The average Bonchev–Trinajstić information content (AvgIpc) is 3.77. The fourth-order valence-corrected chi connectivity index (χ4v) is 7.44. The van der Waals surface area contributed by atoms with Gasteiger partial charge in [0.25, 0.3) is 5.56 Å². The summed E-state index contributed by atoms with van der Waals surface area (Å²) in [5.74, 6) is 0.525. The largest absolute Gasteiger partial charge is 0.496 e. The second-order valence-corrected chi connectivity index (χ2v) is 12.7. The van der Waals surface area contributed by atoms with Crippen LogP contribution in [-0.4, -0.2) is 51.6 Å². The molecule has 2 aliphatic rings. The number of benzene rings is 1. The molecule has 2 N–H and O–H groups in total. The molecule has 1 unspecified atom stereocenters. The Hall–Kier alpha value is -3.78. The lowest BCUT2D eigenvalue weighted by atomic mass is 10.0. The summed E-state index contributed by atoms with van der Waals surface area (Å²) in [6.07, 6.45) is 4.01. The van der Waals surface area contributed by atoms with Gasteiger partial charge in [0.15, 0.2) is 0 Å². The molecule has 1 aliphatic heterocycles. The van der Waals surface area contributed by atoms with Crippen LogP contribution in [0.5, 0.6) is 5.75 Å². The van der Waals surface area contributed by atoms with E-state index in [9.17, 15) is 19.5 Å². The van der Waals surface area contributed by atoms with Crippen LogP contribution in [0, 0.1) is 18.8 Å². The van der Waals surface area contributed by atoms with Crippen molar-refractivity contribution in [2.45, 2.75) is 57.8 Å². The molecule has 1 aromatic carbocycles. The van der Waals surface area contributed by atoms with Gasteiger partial charge in [-0.1, -0.05) is 18.2 Å². The lowest BCUT2D eigenvalue weighted by molar-refractivity contribution is -0.146. The summed E-state index contributed by atoms with van der Waals surface area (Å²) in [6, 6.07) is 7.48. The number of thiophene rings is 1. The molecule has 13 heteroatoms. The van der Waals surface area contributed by atoms with E-state index in [2.05, 4.69) is 10.5 Å². The van der Waals surface area contributed by atoms with Gasteiger partial charge in [-0.2, -0.15) is 5.48 Å². The topological polar surface area (TPSA) is 147 Å². The van der Waals surface area contributed by atoms with E-state index in [1.807, 2.05) is 24.3 Å². The number of methoxy groups -OCH3 is 1. The minimum atomic E-state index is -1.83. The number of aliphatic carboxylic acids is 1. The maximum atomic E-state index is 14.2. The number of carbonyl (C=O) groups is 1. The minimum Gasteiger partial charge on any atom is -0.496 e. The Morgan fingerprint density at radius 3 is 2.60 bits per heavy atom. The van der Waals surface area contributed by atoms with E-state index in [0.29, 0.717) is 44.3 Å². The number of aryl methyl sites for hydroxylation is 1. The van der Waals surface area contributed by atoms with Crippen LogP contribution < -0.4 is 21.5 Å². The summed E-state index contributed by atoms with van der Waals surface area (Å²) in [5, 5.41) is 10.3. The van der Waals surface area contributed by atoms with Crippen molar-refractivity contribution < 1.29 is 28.6 Å². The van der Waals surface area contributed by atoms with Gasteiger partial charge in [-0.3, -0.25) is 14.2 Å². The average molecular weight is 611 g/mol. The molecular formula is C30H34N4O8S. The molecule has 12 nitrogen and oxygen atoms in total. The zero-order valence-electron chi connectivity index (χ0n) is 24.4. The summed E-state index contributed by atoms with van der Waals surface area (Å²) >= 11 is 1.19. The summed E-state index contributed by atoms with van der Waals surface area (Å²) in [4.78, 5) is 51.9. The number of fused-ring (bicyclic) bond motifs is 2. The third-order valence-corrected chi connectivity index (χ3v) is 9.94. The number of rotatable bonds is 10. The Bertz CT molecular complexity index is 1760. The van der Waals surface area contributed by atoms with E-state index in [4.69, 9.17) is 18.7 Å². The predicted octanol–water partition coefficient (Wildman–Crippen LogP) is 3.70. The van der Waals surface area contributed by atoms with Crippen LogP contribution in [0.1, 0.15) is 43.9 Å². The molecule has 1 aliphatic carbocycles. The van der Waals surface area contributed by atoms with Crippen LogP contribution in [0.25, 0.3) is 21.0 Å². The first-order valence-corrected chi connectivity index (χ1v) is 15.0. The van der Waals surface area contributed by atoms with Crippen LogP contribution >= 0.6 is 11.3 Å². The third-order valence-electron chi connectivity index (χ3n) is 8.64. The number of hydrogen-bond acceptors (Lipinski definition) is 10. The summed E-state index contributed by atoms with van der Waals surface area (Å²) in [5.41, 5.74) is 1.20. The van der Waals surface area contributed by atoms with Crippen LogP contribution in [0.15, 0.2) is 50.7 Å². The number of carboxylic acids is 1. The van der Waals surface area contributed by atoms with E-state index in [1.165, 1.54) is 42.2 Å². The quantitative estimate of drug-likeness (QED) is 0.255. The van der Waals surface area contributed by atoms with Crippen LogP contribution in [-0.2, 0) is 26.5 Å². The first-order chi connectivity index (χ1) is 20.6. The van der Waals surface area contributed by atoms with Gasteiger partial charge in [-0.05, 0) is 57.1 Å². The van der Waals surface area contributed by atoms with Crippen molar-refractivity contribution >= 4 is 27.5 Å². The van der Waals surface area contributed by atoms with Crippen molar-refractivity contribution in [3.8, 4) is 16.5 Å². The lowest BCUT2D eigenvalue weighted by Gasteiger charge is -2.26. The zero-order valence-corrected chi connectivity index (χ0v) is 25.2. The van der Waals surface area contributed by atoms with Gasteiger partial charge >= 0.3 is 11.7 Å². The van der Waals surface area contributed by atoms with Crippen LogP contribution in [0.3, 0.4) is 0 Å². The van der Waals surface area contributed by atoms with Gasteiger partial charge in [-0.25, -0.2) is 19.1 Å². The monoisotopic (exact) mass is 610 g/mol. The highest BCUT2D eigenvalue weighted by molar-refractivity contribution is 7.22. The molecule has 0 radical (unpaired) electrons. The Kier molecular flexibility index (Phi) is 7.75. The van der Waals surface area contributed by atoms with Crippen molar-refractivity contribution in [3.05, 3.63) is 68.7 Å².